The van der Waals surface area contributed by atoms with E-state index >= 15 is 0 Å². The van der Waals surface area contributed by atoms with Gasteiger partial charge in [-0.15, -0.1) is 12.4 Å². The number of benzene rings is 2. The monoisotopic (exact) mass is 465 g/mol. The number of piperidine rings is 1. The molecule has 5 rings (SSSR count). The second-order valence-corrected chi connectivity index (χ2v) is 8.50. The predicted octanol–water partition coefficient (Wildman–Crippen LogP) is 3.97. The zero-order valence-electron chi connectivity index (χ0n) is 18.8. The standard InChI is InChI=1S/C25H27N5O2.ClH/c1-3-30-20-7-5-4-6-17(20)15-22(30)24-27-19-14-18(8-9-21(19)28(24)2)25(32)29-12-10-16(11-13-29)23(26)31;/h4-9,14-16H,3,10-13H2,1-2H3,(H2,26,31);1H. The van der Waals surface area contributed by atoms with Crippen molar-refractivity contribution in [1.82, 2.24) is 19.0 Å². The van der Waals surface area contributed by atoms with Crippen LogP contribution in [0.2, 0.25) is 0 Å². The molecule has 0 spiro atoms. The molecule has 7 nitrogen and oxygen atoms in total. The summed E-state index contributed by atoms with van der Waals surface area (Å²) in [6.45, 7) is 4.08. The lowest BCUT2D eigenvalue weighted by molar-refractivity contribution is -0.123. The average Bonchev–Trinajstić information content (AvgIpc) is 3.35. The molecule has 1 aliphatic heterocycles. The van der Waals surface area contributed by atoms with Crippen molar-refractivity contribution in [2.24, 2.45) is 18.7 Å². The van der Waals surface area contributed by atoms with E-state index < -0.39 is 0 Å². The van der Waals surface area contributed by atoms with E-state index in [1.165, 1.54) is 10.9 Å². The molecule has 4 aromatic rings. The molecule has 1 saturated heterocycles. The summed E-state index contributed by atoms with van der Waals surface area (Å²) in [6, 6.07) is 16.2. The van der Waals surface area contributed by atoms with Crippen molar-refractivity contribution in [2.75, 3.05) is 13.1 Å². The minimum atomic E-state index is -0.274. The minimum absolute atomic E-state index is 0. The SMILES string of the molecule is CCn1c(-c2nc3cc(C(=O)N4CCC(C(N)=O)CC4)ccc3n2C)cc2ccccc21.Cl. The Morgan fingerprint density at radius 1 is 1.06 bits per heavy atom. The van der Waals surface area contributed by atoms with E-state index in [-0.39, 0.29) is 30.1 Å². The third-order valence-electron chi connectivity index (χ3n) is 6.67. The second-order valence-electron chi connectivity index (χ2n) is 8.50. The van der Waals surface area contributed by atoms with Gasteiger partial charge in [0.05, 0.1) is 16.7 Å². The molecule has 0 bridgehead atoms. The number of para-hydroxylation sites is 1. The number of primary amides is 1. The maximum absolute atomic E-state index is 13.1. The molecule has 2 amide bonds. The number of aromatic nitrogens is 3. The van der Waals surface area contributed by atoms with Crippen molar-refractivity contribution < 1.29 is 9.59 Å². The van der Waals surface area contributed by atoms with Crippen molar-refractivity contribution in [3.8, 4) is 11.5 Å². The van der Waals surface area contributed by atoms with Crippen molar-refractivity contribution in [3.05, 3.63) is 54.1 Å². The number of carbonyl (C=O) groups is 2. The predicted molar refractivity (Wildman–Crippen MR) is 132 cm³/mol. The topological polar surface area (TPSA) is 86.2 Å². The number of likely N-dealkylation sites (tertiary alicyclic amines) is 1. The molecule has 0 radical (unpaired) electrons. The highest BCUT2D eigenvalue weighted by Gasteiger charge is 2.27. The summed E-state index contributed by atoms with van der Waals surface area (Å²) in [5.41, 5.74) is 10.1. The highest BCUT2D eigenvalue weighted by molar-refractivity contribution is 5.98. The van der Waals surface area contributed by atoms with E-state index in [2.05, 4.69) is 40.3 Å². The van der Waals surface area contributed by atoms with Gasteiger partial charge in [-0.2, -0.15) is 0 Å². The first-order chi connectivity index (χ1) is 15.5. The number of hydrogen-bond donors (Lipinski definition) is 1. The van der Waals surface area contributed by atoms with Gasteiger partial charge in [-0.25, -0.2) is 4.98 Å². The van der Waals surface area contributed by atoms with Gasteiger partial charge in [0, 0.05) is 49.1 Å². The smallest absolute Gasteiger partial charge is 0.253 e. The zero-order chi connectivity index (χ0) is 22.4. The summed E-state index contributed by atoms with van der Waals surface area (Å²) in [6.07, 6.45) is 1.25. The van der Waals surface area contributed by atoms with Crippen LogP contribution in [0.15, 0.2) is 48.5 Å². The highest BCUT2D eigenvalue weighted by Crippen LogP contribution is 2.30. The van der Waals surface area contributed by atoms with Crippen molar-refractivity contribution in [2.45, 2.75) is 26.3 Å². The molecule has 0 unspecified atom stereocenters. The highest BCUT2D eigenvalue weighted by atomic mass is 35.5. The molecular weight excluding hydrogens is 438 g/mol. The van der Waals surface area contributed by atoms with Crippen molar-refractivity contribution in [1.29, 1.82) is 0 Å². The molecule has 2 aromatic carbocycles. The van der Waals surface area contributed by atoms with E-state index in [1.54, 1.807) is 4.90 Å². The van der Waals surface area contributed by atoms with Gasteiger partial charge in [-0.05, 0) is 50.1 Å². The van der Waals surface area contributed by atoms with Crippen molar-refractivity contribution >= 4 is 46.2 Å². The van der Waals surface area contributed by atoms with Gasteiger partial charge in [0.25, 0.3) is 5.91 Å². The molecule has 0 saturated carbocycles. The lowest BCUT2D eigenvalue weighted by Crippen LogP contribution is -2.41. The van der Waals surface area contributed by atoms with Crippen molar-refractivity contribution in [3.63, 3.8) is 0 Å². The molecule has 0 aliphatic carbocycles. The lowest BCUT2D eigenvalue weighted by atomic mass is 9.96. The number of imidazole rings is 1. The first kappa shape index (κ1) is 22.9. The molecule has 8 heteroatoms. The summed E-state index contributed by atoms with van der Waals surface area (Å²) in [5.74, 6) is 0.448. The number of hydrogen-bond acceptors (Lipinski definition) is 3. The van der Waals surface area contributed by atoms with Crippen LogP contribution in [0, 0.1) is 5.92 Å². The van der Waals surface area contributed by atoms with E-state index in [4.69, 9.17) is 10.7 Å². The number of amides is 2. The Morgan fingerprint density at radius 3 is 2.48 bits per heavy atom. The Labute approximate surface area is 198 Å². The van der Waals surface area contributed by atoms with E-state index in [1.807, 2.05) is 31.3 Å². The molecular formula is C25H28ClN5O2. The zero-order valence-corrected chi connectivity index (χ0v) is 19.6. The van der Waals surface area contributed by atoms with Crippen LogP contribution in [0.1, 0.15) is 30.1 Å². The maximum atomic E-state index is 13.1. The second kappa shape index (κ2) is 8.90. The first-order valence-electron chi connectivity index (χ1n) is 11.1. The first-order valence-corrected chi connectivity index (χ1v) is 11.1. The Hall–Kier alpha value is -3.32. The number of nitrogens with zero attached hydrogens (tertiary/aromatic N) is 4. The maximum Gasteiger partial charge on any atom is 0.253 e. The quantitative estimate of drug-likeness (QED) is 0.494. The Morgan fingerprint density at radius 2 is 1.79 bits per heavy atom. The molecule has 1 fully saturated rings. The summed E-state index contributed by atoms with van der Waals surface area (Å²) in [4.78, 5) is 31.2. The number of carbonyl (C=O) groups excluding carboxylic acids is 2. The fourth-order valence-corrected chi connectivity index (χ4v) is 4.85. The van der Waals surface area contributed by atoms with E-state index in [0.717, 1.165) is 29.1 Å². The molecule has 0 atom stereocenters. The largest absolute Gasteiger partial charge is 0.369 e. The van der Waals surface area contributed by atoms with Crippen LogP contribution >= 0.6 is 12.4 Å². The Bertz CT molecular complexity index is 1350. The average molecular weight is 466 g/mol. The van der Waals surface area contributed by atoms with E-state index in [9.17, 15) is 9.59 Å². The molecule has 33 heavy (non-hydrogen) atoms. The van der Waals surface area contributed by atoms with Gasteiger partial charge in [-0.3, -0.25) is 9.59 Å². The normalized spacial score (nSPS) is 14.5. The van der Waals surface area contributed by atoms with Crippen LogP contribution in [0.25, 0.3) is 33.5 Å². The molecule has 2 aromatic heterocycles. The van der Waals surface area contributed by atoms with E-state index in [0.29, 0.717) is 31.5 Å². The number of aryl methyl sites for hydroxylation is 2. The van der Waals surface area contributed by atoms with Gasteiger partial charge in [0.1, 0.15) is 0 Å². The lowest BCUT2D eigenvalue weighted by Gasteiger charge is -2.30. The van der Waals surface area contributed by atoms with Gasteiger partial charge >= 0.3 is 0 Å². The molecule has 172 valence electrons. The Kier molecular flexibility index (Phi) is 6.17. The van der Waals surface area contributed by atoms with Gasteiger partial charge in [-0.1, -0.05) is 18.2 Å². The van der Waals surface area contributed by atoms with Gasteiger partial charge in [0.15, 0.2) is 5.82 Å². The number of fused-ring (bicyclic) bond motifs is 2. The van der Waals surface area contributed by atoms with Crippen LogP contribution in [-0.2, 0) is 18.4 Å². The molecule has 1 aliphatic rings. The third kappa shape index (κ3) is 3.86. The van der Waals surface area contributed by atoms with Crippen LogP contribution in [0.5, 0.6) is 0 Å². The summed E-state index contributed by atoms with van der Waals surface area (Å²) in [5, 5.41) is 1.19. The Balaban J connectivity index is 0.00000259. The summed E-state index contributed by atoms with van der Waals surface area (Å²) in [7, 11) is 2.01. The number of halogens is 1. The molecule has 2 N–H and O–H groups in total. The van der Waals surface area contributed by atoms with Crippen LogP contribution in [-0.4, -0.2) is 43.9 Å². The fraction of sp³-hybridized carbons (Fsp3) is 0.320. The number of rotatable bonds is 4. The van der Waals surface area contributed by atoms with Crippen LogP contribution < -0.4 is 5.73 Å². The molecule has 3 heterocycles. The van der Waals surface area contributed by atoms with Gasteiger partial charge < -0.3 is 19.8 Å². The van der Waals surface area contributed by atoms with Gasteiger partial charge in [0.2, 0.25) is 5.91 Å². The minimum Gasteiger partial charge on any atom is -0.369 e. The number of nitrogens with two attached hydrogens (primary N) is 1. The van der Waals surface area contributed by atoms with Crippen LogP contribution in [0.3, 0.4) is 0 Å². The fourth-order valence-electron chi connectivity index (χ4n) is 4.85. The summed E-state index contributed by atoms with van der Waals surface area (Å²) >= 11 is 0. The summed E-state index contributed by atoms with van der Waals surface area (Å²) < 4.78 is 4.35. The third-order valence-corrected chi connectivity index (χ3v) is 6.67. The van der Waals surface area contributed by atoms with Crippen LogP contribution in [0.4, 0.5) is 0 Å².